The van der Waals surface area contributed by atoms with Crippen LogP contribution in [0, 0.1) is 5.41 Å². The van der Waals surface area contributed by atoms with Crippen LogP contribution in [0.2, 0.25) is 0 Å². The van der Waals surface area contributed by atoms with Crippen LogP contribution in [0.5, 0.6) is 0 Å². The Kier molecular flexibility index (Phi) is 3.78. The highest BCUT2D eigenvalue weighted by Gasteiger charge is 2.60. The lowest BCUT2D eigenvalue weighted by atomic mass is 10.1. The molecule has 0 radical (unpaired) electrons. The quantitative estimate of drug-likeness (QED) is 0.834. The van der Waals surface area contributed by atoms with Gasteiger partial charge in [0.05, 0.1) is 5.56 Å². The van der Waals surface area contributed by atoms with Crippen LogP contribution >= 0.6 is 0 Å². The fourth-order valence-corrected chi connectivity index (χ4v) is 1.93. The first-order chi connectivity index (χ1) is 9.95. The first-order valence-corrected chi connectivity index (χ1v) is 6.43. The highest BCUT2D eigenvalue weighted by atomic mass is 19.4. The highest BCUT2D eigenvalue weighted by molar-refractivity contribution is 5.89. The summed E-state index contributed by atoms with van der Waals surface area (Å²) in [6.45, 7) is 3.78. The van der Waals surface area contributed by atoms with Gasteiger partial charge in [0.15, 0.2) is 0 Å². The van der Waals surface area contributed by atoms with E-state index in [0.717, 1.165) is 12.3 Å². The van der Waals surface area contributed by atoms with Crippen molar-refractivity contribution >= 4 is 11.8 Å². The minimum Gasteiger partial charge on any atom is -0.335 e. The van der Waals surface area contributed by atoms with Crippen LogP contribution in [0.3, 0.4) is 0 Å². The lowest BCUT2D eigenvalue weighted by Gasteiger charge is -2.22. The molecule has 1 aliphatic carbocycles. The summed E-state index contributed by atoms with van der Waals surface area (Å²) in [5, 5.41) is 4.45. The third-order valence-corrected chi connectivity index (χ3v) is 3.55. The predicted molar refractivity (Wildman–Crippen MR) is 68.5 cm³/mol. The Morgan fingerprint density at radius 3 is 2.41 bits per heavy atom. The number of urea groups is 1. The summed E-state index contributed by atoms with van der Waals surface area (Å²) >= 11 is 0. The lowest BCUT2D eigenvalue weighted by molar-refractivity contribution is -0.289. The van der Waals surface area contributed by atoms with Crippen molar-refractivity contribution in [3.63, 3.8) is 0 Å². The number of nitrogens with zero attached hydrogens (tertiary/aromatic N) is 1. The van der Waals surface area contributed by atoms with Crippen molar-refractivity contribution in [2.24, 2.45) is 5.41 Å². The normalized spacial score (nSPS) is 20.4. The number of amides is 2. The minimum atomic E-state index is -5.78. The van der Waals surface area contributed by atoms with E-state index in [2.05, 4.69) is 10.3 Å². The molecule has 0 bridgehead atoms. The first kappa shape index (κ1) is 16.4. The molecule has 1 heterocycles. The predicted octanol–water partition coefficient (Wildman–Crippen LogP) is 3.66. The van der Waals surface area contributed by atoms with Gasteiger partial charge >= 0.3 is 18.1 Å². The van der Waals surface area contributed by atoms with Crippen LogP contribution in [0.1, 0.15) is 25.8 Å². The molecule has 4 nitrogen and oxygen atoms in total. The molecule has 1 saturated carbocycles. The molecule has 1 fully saturated rings. The Hall–Kier alpha value is -1.93. The van der Waals surface area contributed by atoms with Crippen LogP contribution in [0.4, 0.5) is 32.6 Å². The Bertz CT molecular complexity index is 585. The van der Waals surface area contributed by atoms with E-state index in [1.807, 2.05) is 19.2 Å². The van der Waals surface area contributed by atoms with Crippen molar-refractivity contribution in [3.8, 4) is 0 Å². The second kappa shape index (κ2) is 5.06. The van der Waals surface area contributed by atoms with Gasteiger partial charge in [-0.25, -0.2) is 9.78 Å². The van der Waals surface area contributed by atoms with Crippen molar-refractivity contribution in [2.75, 3.05) is 5.32 Å². The molecule has 2 N–H and O–H groups in total. The summed E-state index contributed by atoms with van der Waals surface area (Å²) < 4.78 is 64.2. The lowest BCUT2D eigenvalue weighted by Crippen LogP contribution is -2.37. The molecular formula is C13H14F5N3O. The fraction of sp³-hybridized carbons (Fsp3) is 0.538. The first-order valence-electron chi connectivity index (χ1n) is 6.43. The third kappa shape index (κ3) is 3.12. The Balaban J connectivity index is 2.17. The van der Waals surface area contributed by atoms with Gasteiger partial charge in [-0.05, 0) is 24.0 Å². The molecule has 1 aromatic rings. The number of hydrogen-bond donors (Lipinski definition) is 2. The van der Waals surface area contributed by atoms with Gasteiger partial charge in [0.1, 0.15) is 5.82 Å². The molecule has 1 aliphatic rings. The van der Waals surface area contributed by atoms with E-state index in [9.17, 15) is 26.7 Å². The average molecular weight is 323 g/mol. The van der Waals surface area contributed by atoms with Crippen molar-refractivity contribution in [1.82, 2.24) is 10.3 Å². The molecule has 2 rings (SSSR count). The van der Waals surface area contributed by atoms with Gasteiger partial charge in [-0.1, -0.05) is 13.8 Å². The number of carbonyl (C=O) groups is 1. The summed E-state index contributed by atoms with van der Waals surface area (Å²) in [5.41, 5.74) is -1.51. The molecule has 0 aliphatic heterocycles. The Morgan fingerprint density at radius 2 is 1.91 bits per heavy atom. The number of hydrogen-bond acceptors (Lipinski definition) is 2. The summed E-state index contributed by atoms with van der Waals surface area (Å²) in [6.07, 6.45) is -4.05. The number of aromatic nitrogens is 1. The number of halogens is 5. The number of alkyl halides is 5. The molecule has 0 spiro atoms. The molecule has 1 atom stereocenters. The third-order valence-electron chi connectivity index (χ3n) is 3.55. The number of rotatable bonds is 3. The largest absolute Gasteiger partial charge is 0.458 e. The van der Waals surface area contributed by atoms with Crippen molar-refractivity contribution in [3.05, 3.63) is 23.9 Å². The summed E-state index contributed by atoms with van der Waals surface area (Å²) in [6, 6.07) is 0.510. The summed E-state index contributed by atoms with van der Waals surface area (Å²) in [5.74, 6) is -5.93. The molecule has 0 unspecified atom stereocenters. The SMILES string of the molecule is CC1(C)C[C@@H]1NC(=O)Nc1ncccc1C(F)(F)C(F)(F)F. The van der Waals surface area contributed by atoms with Crippen LogP contribution in [-0.4, -0.2) is 23.2 Å². The maximum Gasteiger partial charge on any atom is 0.458 e. The zero-order chi connectivity index (χ0) is 16.8. The maximum absolute atomic E-state index is 13.4. The molecule has 2 amide bonds. The average Bonchev–Trinajstić information content (AvgIpc) is 2.95. The number of pyridine rings is 1. The zero-order valence-corrected chi connectivity index (χ0v) is 11.8. The van der Waals surface area contributed by atoms with Gasteiger partial charge in [0, 0.05) is 12.2 Å². The monoisotopic (exact) mass is 323 g/mol. The smallest absolute Gasteiger partial charge is 0.335 e. The van der Waals surface area contributed by atoms with Crippen LogP contribution < -0.4 is 10.6 Å². The van der Waals surface area contributed by atoms with Gasteiger partial charge in [-0.3, -0.25) is 5.32 Å². The van der Waals surface area contributed by atoms with Crippen LogP contribution in [0.25, 0.3) is 0 Å². The van der Waals surface area contributed by atoms with E-state index < -0.39 is 29.5 Å². The Labute approximate surface area is 123 Å². The van der Waals surface area contributed by atoms with Crippen molar-refractivity contribution < 1.29 is 26.7 Å². The molecule has 22 heavy (non-hydrogen) atoms. The van der Waals surface area contributed by atoms with E-state index in [0.29, 0.717) is 12.5 Å². The van der Waals surface area contributed by atoms with E-state index in [1.165, 1.54) is 0 Å². The molecule has 9 heteroatoms. The topological polar surface area (TPSA) is 54.0 Å². The zero-order valence-electron chi connectivity index (χ0n) is 11.8. The molecule has 1 aromatic heterocycles. The number of anilines is 1. The van der Waals surface area contributed by atoms with Gasteiger partial charge in [0.2, 0.25) is 0 Å². The second-order valence-electron chi connectivity index (χ2n) is 5.82. The molecule has 122 valence electrons. The minimum absolute atomic E-state index is 0.111. The van der Waals surface area contributed by atoms with Gasteiger partial charge in [0.25, 0.3) is 0 Å². The molecule has 0 saturated heterocycles. The van der Waals surface area contributed by atoms with Crippen LogP contribution in [-0.2, 0) is 5.92 Å². The maximum atomic E-state index is 13.4. The van der Waals surface area contributed by atoms with Gasteiger partial charge in [-0.15, -0.1) is 0 Å². The van der Waals surface area contributed by atoms with E-state index >= 15 is 0 Å². The summed E-state index contributed by atoms with van der Waals surface area (Å²) in [7, 11) is 0. The number of nitrogens with one attached hydrogen (secondary N) is 2. The summed E-state index contributed by atoms with van der Waals surface area (Å²) in [4.78, 5) is 15.1. The standard InChI is InChI=1S/C13H14F5N3O/c1-11(2)6-8(11)20-10(22)21-9-7(4-3-5-19-9)12(14,15)13(16,17)18/h3-5,8H,6H2,1-2H3,(H2,19,20,21,22)/t8-/m0/s1. The second-order valence-corrected chi connectivity index (χ2v) is 5.82. The van der Waals surface area contributed by atoms with E-state index in [1.54, 1.807) is 0 Å². The fourth-order valence-electron chi connectivity index (χ4n) is 1.93. The van der Waals surface area contributed by atoms with Gasteiger partial charge in [-0.2, -0.15) is 22.0 Å². The molecule has 0 aromatic carbocycles. The van der Waals surface area contributed by atoms with Crippen molar-refractivity contribution in [2.45, 2.75) is 38.4 Å². The van der Waals surface area contributed by atoms with E-state index in [4.69, 9.17) is 0 Å². The highest BCUT2D eigenvalue weighted by Crippen LogP contribution is 2.46. The van der Waals surface area contributed by atoms with Crippen LogP contribution in [0.15, 0.2) is 18.3 Å². The Morgan fingerprint density at radius 1 is 1.32 bits per heavy atom. The molecular weight excluding hydrogens is 309 g/mol. The van der Waals surface area contributed by atoms with Gasteiger partial charge < -0.3 is 5.32 Å². The van der Waals surface area contributed by atoms with E-state index in [-0.39, 0.29) is 11.5 Å². The van der Waals surface area contributed by atoms with Crippen molar-refractivity contribution in [1.29, 1.82) is 0 Å². The number of carbonyl (C=O) groups excluding carboxylic acids is 1.